The Kier molecular flexibility index (Phi) is 6.16. The van der Waals surface area contributed by atoms with Crippen molar-refractivity contribution in [2.45, 2.75) is 36.8 Å². The minimum atomic E-state index is 0.146. The van der Waals surface area contributed by atoms with Crippen molar-refractivity contribution >= 4 is 39.8 Å². The van der Waals surface area contributed by atoms with E-state index in [1.54, 1.807) is 23.1 Å². The molecular formula is C22H24N4OS2. The first-order valence-corrected chi connectivity index (χ1v) is 11.6. The highest BCUT2D eigenvalue weighted by Gasteiger charge is 2.19. The molecule has 5 nitrogen and oxygen atoms in total. The molecule has 29 heavy (non-hydrogen) atoms. The van der Waals surface area contributed by atoms with Gasteiger partial charge < -0.3 is 10.2 Å². The van der Waals surface area contributed by atoms with Crippen LogP contribution >= 0.6 is 23.1 Å². The van der Waals surface area contributed by atoms with Gasteiger partial charge in [0.1, 0.15) is 0 Å². The van der Waals surface area contributed by atoms with E-state index in [1.807, 2.05) is 29.2 Å². The van der Waals surface area contributed by atoms with Gasteiger partial charge in [0.2, 0.25) is 5.13 Å². The summed E-state index contributed by atoms with van der Waals surface area (Å²) in [6.45, 7) is 5.97. The number of amides is 1. The Morgan fingerprint density at radius 3 is 2.55 bits per heavy atom. The van der Waals surface area contributed by atoms with Crippen LogP contribution in [0.25, 0.3) is 0 Å². The van der Waals surface area contributed by atoms with Crippen molar-refractivity contribution in [2.24, 2.45) is 0 Å². The van der Waals surface area contributed by atoms with Gasteiger partial charge in [-0.1, -0.05) is 41.3 Å². The summed E-state index contributed by atoms with van der Waals surface area (Å²) in [4.78, 5) is 14.4. The van der Waals surface area contributed by atoms with Crippen LogP contribution < -0.4 is 5.32 Å². The first kappa shape index (κ1) is 19.9. The molecule has 0 saturated carbocycles. The fourth-order valence-electron chi connectivity index (χ4n) is 3.25. The predicted molar refractivity (Wildman–Crippen MR) is 120 cm³/mol. The third-order valence-corrected chi connectivity index (χ3v) is 7.16. The highest BCUT2D eigenvalue weighted by molar-refractivity contribution is 8.00. The van der Waals surface area contributed by atoms with Crippen LogP contribution in [0, 0.1) is 13.8 Å². The van der Waals surface area contributed by atoms with Crippen LogP contribution in [0.1, 0.15) is 39.9 Å². The van der Waals surface area contributed by atoms with Crippen molar-refractivity contribution in [1.29, 1.82) is 0 Å². The Morgan fingerprint density at radius 2 is 1.83 bits per heavy atom. The SMILES string of the molecule is Cc1ccc(Nc2nnc(SCc3ccc(C(=O)N4CCCC4)cc3)s2)cc1C. The molecule has 0 unspecified atom stereocenters. The molecule has 3 aromatic rings. The van der Waals surface area contributed by atoms with E-state index in [4.69, 9.17) is 0 Å². The Bertz CT molecular complexity index is 994. The molecule has 1 aliphatic heterocycles. The van der Waals surface area contributed by atoms with Crippen LogP contribution in [0.4, 0.5) is 10.8 Å². The van der Waals surface area contributed by atoms with Gasteiger partial charge in [-0.2, -0.15) is 0 Å². The van der Waals surface area contributed by atoms with Gasteiger partial charge in [-0.15, -0.1) is 10.2 Å². The maximum Gasteiger partial charge on any atom is 0.253 e. The lowest BCUT2D eigenvalue weighted by molar-refractivity contribution is 0.0793. The summed E-state index contributed by atoms with van der Waals surface area (Å²) >= 11 is 3.21. The van der Waals surface area contributed by atoms with Gasteiger partial charge in [-0.05, 0) is 67.6 Å². The summed E-state index contributed by atoms with van der Waals surface area (Å²) in [5, 5.41) is 12.6. The summed E-state index contributed by atoms with van der Waals surface area (Å²) in [5.74, 6) is 0.948. The van der Waals surface area contributed by atoms with Gasteiger partial charge in [-0.3, -0.25) is 4.79 Å². The normalized spacial score (nSPS) is 13.7. The maximum atomic E-state index is 12.4. The van der Waals surface area contributed by atoms with E-state index in [-0.39, 0.29) is 5.91 Å². The van der Waals surface area contributed by atoms with Crippen molar-refractivity contribution in [1.82, 2.24) is 15.1 Å². The predicted octanol–water partition coefficient (Wildman–Crippen LogP) is 5.43. The Labute approximate surface area is 179 Å². The number of anilines is 2. The number of hydrogen-bond acceptors (Lipinski definition) is 6. The summed E-state index contributed by atoms with van der Waals surface area (Å²) < 4.78 is 0.925. The van der Waals surface area contributed by atoms with Crippen LogP contribution in [-0.4, -0.2) is 34.1 Å². The lowest BCUT2D eigenvalue weighted by atomic mass is 10.1. The van der Waals surface area contributed by atoms with E-state index >= 15 is 0 Å². The number of nitrogens with zero attached hydrogens (tertiary/aromatic N) is 3. The Morgan fingerprint density at radius 1 is 1.07 bits per heavy atom. The second-order valence-electron chi connectivity index (χ2n) is 7.28. The number of aromatic nitrogens is 2. The fraction of sp³-hybridized carbons (Fsp3) is 0.318. The molecule has 1 aromatic heterocycles. The highest BCUT2D eigenvalue weighted by Crippen LogP contribution is 2.30. The maximum absolute atomic E-state index is 12.4. The van der Waals surface area contributed by atoms with Gasteiger partial charge >= 0.3 is 0 Å². The van der Waals surface area contributed by atoms with Crippen molar-refractivity contribution in [2.75, 3.05) is 18.4 Å². The molecule has 2 heterocycles. The zero-order chi connectivity index (χ0) is 20.2. The third-order valence-electron chi connectivity index (χ3n) is 5.12. The number of nitrogens with one attached hydrogen (secondary N) is 1. The molecule has 0 spiro atoms. The number of likely N-dealkylation sites (tertiary alicyclic amines) is 1. The molecule has 0 aliphatic carbocycles. The monoisotopic (exact) mass is 424 g/mol. The molecule has 1 saturated heterocycles. The van der Waals surface area contributed by atoms with Gasteiger partial charge in [0, 0.05) is 30.1 Å². The number of thioether (sulfide) groups is 1. The van der Waals surface area contributed by atoms with E-state index < -0.39 is 0 Å². The molecule has 150 valence electrons. The van der Waals surface area contributed by atoms with Crippen molar-refractivity contribution in [3.8, 4) is 0 Å². The van der Waals surface area contributed by atoms with E-state index in [0.29, 0.717) is 0 Å². The van der Waals surface area contributed by atoms with Crippen LogP contribution in [0.3, 0.4) is 0 Å². The molecule has 4 rings (SSSR count). The average Bonchev–Trinajstić information content (AvgIpc) is 3.41. The molecule has 0 bridgehead atoms. The second kappa shape index (κ2) is 8.97. The Balaban J connectivity index is 1.32. The van der Waals surface area contributed by atoms with E-state index in [2.05, 4.69) is 47.6 Å². The molecule has 0 radical (unpaired) electrons. The molecule has 1 amide bonds. The van der Waals surface area contributed by atoms with Crippen LogP contribution in [0.5, 0.6) is 0 Å². The fourth-order valence-corrected chi connectivity index (χ4v) is 4.98. The average molecular weight is 425 g/mol. The number of carbonyl (C=O) groups is 1. The number of rotatable bonds is 6. The molecule has 1 N–H and O–H groups in total. The lowest BCUT2D eigenvalue weighted by Crippen LogP contribution is -2.27. The van der Waals surface area contributed by atoms with Gasteiger partial charge in [-0.25, -0.2) is 0 Å². The smallest absolute Gasteiger partial charge is 0.253 e. The molecule has 0 atom stereocenters. The minimum absolute atomic E-state index is 0.146. The quantitative estimate of drug-likeness (QED) is 0.535. The van der Waals surface area contributed by atoms with Crippen LogP contribution in [0.2, 0.25) is 0 Å². The van der Waals surface area contributed by atoms with E-state index in [9.17, 15) is 4.79 Å². The first-order chi connectivity index (χ1) is 14.1. The standard InChI is InChI=1S/C22H24N4OS2/c1-15-5-10-19(13-16(15)2)23-21-24-25-22(29-21)28-14-17-6-8-18(9-7-17)20(27)26-11-3-4-12-26/h5-10,13H,3-4,11-12,14H2,1-2H3,(H,23,24). The van der Waals surface area contributed by atoms with Crippen LogP contribution in [-0.2, 0) is 5.75 Å². The largest absolute Gasteiger partial charge is 0.339 e. The zero-order valence-electron chi connectivity index (χ0n) is 16.6. The molecule has 2 aromatic carbocycles. The molecular weight excluding hydrogens is 400 g/mol. The van der Waals surface area contributed by atoms with Crippen molar-refractivity contribution in [3.05, 3.63) is 64.7 Å². The van der Waals surface area contributed by atoms with Crippen molar-refractivity contribution < 1.29 is 4.79 Å². The number of hydrogen-bond donors (Lipinski definition) is 1. The van der Waals surface area contributed by atoms with E-state index in [0.717, 1.165) is 52.4 Å². The Hall–Kier alpha value is -2.38. The lowest BCUT2D eigenvalue weighted by Gasteiger charge is -2.15. The van der Waals surface area contributed by atoms with Gasteiger partial charge in [0.05, 0.1) is 0 Å². The first-order valence-electron chi connectivity index (χ1n) is 9.77. The summed E-state index contributed by atoms with van der Waals surface area (Å²) in [6, 6.07) is 14.2. The zero-order valence-corrected chi connectivity index (χ0v) is 18.3. The minimum Gasteiger partial charge on any atom is -0.339 e. The number of carbonyl (C=O) groups excluding carboxylic acids is 1. The number of benzene rings is 2. The van der Waals surface area contributed by atoms with Gasteiger partial charge in [0.15, 0.2) is 4.34 Å². The summed E-state index contributed by atoms with van der Waals surface area (Å²) in [5.41, 5.74) is 5.50. The molecule has 1 fully saturated rings. The highest BCUT2D eigenvalue weighted by atomic mass is 32.2. The van der Waals surface area contributed by atoms with Gasteiger partial charge in [0.25, 0.3) is 5.91 Å². The topological polar surface area (TPSA) is 58.1 Å². The second-order valence-corrected chi connectivity index (χ2v) is 9.48. The third kappa shape index (κ3) is 4.97. The summed E-state index contributed by atoms with van der Waals surface area (Å²) in [6.07, 6.45) is 2.23. The molecule has 7 heteroatoms. The summed E-state index contributed by atoms with van der Waals surface area (Å²) in [7, 11) is 0. The van der Waals surface area contributed by atoms with Crippen LogP contribution in [0.15, 0.2) is 46.8 Å². The van der Waals surface area contributed by atoms with E-state index in [1.165, 1.54) is 16.7 Å². The molecule has 1 aliphatic rings. The number of aryl methyl sites for hydroxylation is 2. The van der Waals surface area contributed by atoms with Crippen molar-refractivity contribution in [3.63, 3.8) is 0 Å².